The average molecular weight is 221 g/mol. The molecule has 16 heavy (non-hydrogen) atoms. The monoisotopic (exact) mass is 221 g/mol. The first kappa shape index (κ1) is 10.8. The molecule has 0 spiro atoms. The van der Waals surface area contributed by atoms with Gasteiger partial charge in [0.15, 0.2) is 0 Å². The topological polar surface area (TPSA) is 37.4 Å². The molecule has 4 heteroatoms. The number of hydrogen-bond donors (Lipinski definition) is 0. The van der Waals surface area contributed by atoms with E-state index in [-0.39, 0.29) is 6.54 Å². The number of Topliss-reactive ketones (excluding diaryl/α,β-unsaturated/α-hetero) is 1. The van der Waals surface area contributed by atoms with Crippen LogP contribution in [0.5, 0.6) is 0 Å². The van der Waals surface area contributed by atoms with Crippen LogP contribution >= 0.6 is 0 Å². The molecule has 1 aliphatic rings. The molecule has 3 nitrogen and oxygen atoms in total. The Balaban J connectivity index is 2.47. The van der Waals surface area contributed by atoms with Crippen LogP contribution in [-0.2, 0) is 11.2 Å². The molecule has 2 rings (SSSR count). The lowest BCUT2D eigenvalue weighted by atomic mass is 10.1. The molecule has 1 aromatic rings. The van der Waals surface area contributed by atoms with Gasteiger partial charge < -0.3 is 4.90 Å². The summed E-state index contributed by atoms with van der Waals surface area (Å²) in [4.78, 5) is 24.4. The molecule has 0 unspecified atom stereocenters. The van der Waals surface area contributed by atoms with Gasteiger partial charge in [0, 0.05) is 0 Å². The smallest absolute Gasteiger partial charge is 0.299 e. The zero-order valence-electron chi connectivity index (χ0n) is 9.00. The van der Waals surface area contributed by atoms with Crippen molar-refractivity contribution in [2.45, 2.75) is 13.3 Å². The van der Waals surface area contributed by atoms with Gasteiger partial charge in [0.1, 0.15) is 6.67 Å². The van der Waals surface area contributed by atoms with Crippen LogP contribution in [0.25, 0.3) is 0 Å². The summed E-state index contributed by atoms with van der Waals surface area (Å²) in [5, 5.41) is 0. The van der Waals surface area contributed by atoms with Gasteiger partial charge in [-0.3, -0.25) is 9.59 Å². The van der Waals surface area contributed by atoms with Gasteiger partial charge in [0.05, 0.1) is 17.8 Å². The van der Waals surface area contributed by atoms with Crippen molar-refractivity contribution >= 4 is 17.4 Å². The van der Waals surface area contributed by atoms with Crippen molar-refractivity contribution < 1.29 is 14.0 Å². The van der Waals surface area contributed by atoms with E-state index >= 15 is 0 Å². The van der Waals surface area contributed by atoms with Gasteiger partial charge in [0.2, 0.25) is 0 Å². The predicted octanol–water partition coefficient (Wildman–Crippen LogP) is 1.75. The number of amides is 1. The maximum atomic E-state index is 12.3. The van der Waals surface area contributed by atoms with Gasteiger partial charge in [0.25, 0.3) is 11.7 Å². The molecule has 1 heterocycles. The highest BCUT2D eigenvalue weighted by molar-refractivity contribution is 6.52. The normalized spacial score (nSPS) is 14.5. The number of benzene rings is 1. The molecular weight excluding hydrogens is 209 g/mol. The molecule has 0 saturated carbocycles. The molecule has 0 aromatic heterocycles. The number of rotatable bonds is 3. The van der Waals surface area contributed by atoms with E-state index in [4.69, 9.17) is 0 Å². The summed E-state index contributed by atoms with van der Waals surface area (Å²) in [6.45, 7) is 1.28. The molecule has 1 amide bonds. The summed E-state index contributed by atoms with van der Waals surface area (Å²) in [7, 11) is 0. The highest BCUT2D eigenvalue weighted by Crippen LogP contribution is 2.29. The Bertz CT molecular complexity index is 456. The highest BCUT2D eigenvalue weighted by atomic mass is 19.1. The third kappa shape index (κ3) is 1.50. The maximum absolute atomic E-state index is 12.3. The van der Waals surface area contributed by atoms with Crippen LogP contribution in [0.15, 0.2) is 18.2 Å². The summed E-state index contributed by atoms with van der Waals surface area (Å²) in [5.41, 5.74) is 1.93. The number of aryl methyl sites for hydroxylation is 1. The molecule has 1 aliphatic heterocycles. The minimum absolute atomic E-state index is 0.0525. The molecule has 1 aromatic carbocycles. The second kappa shape index (κ2) is 4.04. The highest BCUT2D eigenvalue weighted by Gasteiger charge is 2.35. The molecular formula is C12H12FNO2. The lowest BCUT2D eigenvalue weighted by Crippen LogP contribution is -2.31. The van der Waals surface area contributed by atoms with Gasteiger partial charge in [-0.2, -0.15) is 0 Å². The van der Waals surface area contributed by atoms with E-state index < -0.39 is 18.4 Å². The number of halogens is 1. The fourth-order valence-electron chi connectivity index (χ4n) is 1.87. The lowest BCUT2D eigenvalue weighted by Gasteiger charge is -2.14. The quantitative estimate of drug-likeness (QED) is 0.729. The Morgan fingerprint density at radius 3 is 2.69 bits per heavy atom. The number of hydrogen-bond acceptors (Lipinski definition) is 2. The molecule has 0 radical (unpaired) electrons. The molecule has 0 bridgehead atoms. The summed E-state index contributed by atoms with van der Waals surface area (Å²) in [5.74, 6) is -1.15. The van der Waals surface area contributed by atoms with Gasteiger partial charge >= 0.3 is 0 Å². The minimum atomic E-state index is -0.645. The second-order valence-corrected chi connectivity index (χ2v) is 3.68. The van der Waals surface area contributed by atoms with Gasteiger partial charge in [-0.15, -0.1) is 0 Å². The van der Waals surface area contributed by atoms with Crippen LogP contribution in [0.2, 0.25) is 0 Å². The molecule has 0 aliphatic carbocycles. The summed E-state index contributed by atoms with van der Waals surface area (Å²) < 4.78 is 12.3. The fourth-order valence-corrected chi connectivity index (χ4v) is 1.87. The average Bonchev–Trinajstić information content (AvgIpc) is 2.54. The predicted molar refractivity (Wildman–Crippen MR) is 58.5 cm³/mol. The van der Waals surface area contributed by atoms with Crippen LogP contribution < -0.4 is 4.90 Å². The summed E-state index contributed by atoms with van der Waals surface area (Å²) in [6.07, 6.45) is 0.803. The van der Waals surface area contributed by atoms with E-state index in [1.807, 2.05) is 13.0 Å². The number of ketones is 1. The van der Waals surface area contributed by atoms with Crippen LogP contribution in [0.1, 0.15) is 22.8 Å². The van der Waals surface area contributed by atoms with E-state index in [9.17, 15) is 14.0 Å². The van der Waals surface area contributed by atoms with Crippen LogP contribution in [0, 0.1) is 0 Å². The van der Waals surface area contributed by atoms with E-state index in [2.05, 4.69) is 0 Å². The van der Waals surface area contributed by atoms with Crippen LogP contribution in [0.4, 0.5) is 10.1 Å². The third-order valence-electron chi connectivity index (χ3n) is 2.75. The Morgan fingerprint density at radius 2 is 2.06 bits per heavy atom. The molecule has 84 valence electrons. The Morgan fingerprint density at radius 1 is 1.31 bits per heavy atom. The minimum Gasteiger partial charge on any atom is -0.302 e. The van der Waals surface area contributed by atoms with Crippen molar-refractivity contribution in [3.05, 3.63) is 29.3 Å². The van der Waals surface area contributed by atoms with Crippen LogP contribution in [-0.4, -0.2) is 24.9 Å². The first-order chi connectivity index (χ1) is 7.69. The number of carbonyl (C=O) groups excluding carboxylic acids is 2. The zero-order chi connectivity index (χ0) is 11.7. The lowest BCUT2D eigenvalue weighted by molar-refractivity contribution is -0.114. The van der Waals surface area contributed by atoms with E-state index in [0.717, 1.165) is 12.0 Å². The van der Waals surface area contributed by atoms with Crippen molar-refractivity contribution in [1.82, 2.24) is 0 Å². The molecule has 0 N–H and O–H groups in total. The Hall–Kier alpha value is -1.71. The summed E-state index contributed by atoms with van der Waals surface area (Å²) in [6, 6.07) is 5.29. The van der Waals surface area contributed by atoms with Crippen molar-refractivity contribution in [1.29, 1.82) is 0 Å². The maximum Gasteiger partial charge on any atom is 0.299 e. The van der Waals surface area contributed by atoms with E-state index in [1.54, 1.807) is 12.1 Å². The van der Waals surface area contributed by atoms with E-state index in [1.165, 1.54) is 4.90 Å². The largest absolute Gasteiger partial charge is 0.302 e. The number of nitrogens with zero attached hydrogens (tertiary/aromatic N) is 1. The summed E-state index contributed by atoms with van der Waals surface area (Å²) >= 11 is 0. The van der Waals surface area contributed by atoms with Gasteiger partial charge in [-0.1, -0.05) is 13.0 Å². The van der Waals surface area contributed by atoms with Crippen molar-refractivity contribution in [3.63, 3.8) is 0 Å². The second-order valence-electron chi connectivity index (χ2n) is 3.68. The van der Waals surface area contributed by atoms with Crippen molar-refractivity contribution in [2.24, 2.45) is 0 Å². The number of fused-ring (bicyclic) bond motifs is 1. The molecule has 0 fully saturated rings. The van der Waals surface area contributed by atoms with Crippen LogP contribution in [0.3, 0.4) is 0 Å². The van der Waals surface area contributed by atoms with Crippen molar-refractivity contribution in [3.8, 4) is 0 Å². The first-order valence-corrected chi connectivity index (χ1v) is 5.24. The van der Waals surface area contributed by atoms with Crippen molar-refractivity contribution in [2.75, 3.05) is 18.1 Å². The zero-order valence-corrected chi connectivity index (χ0v) is 9.00. The first-order valence-electron chi connectivity index (χ1n) is 5.24. The number of anilines is 1. The fraction of sp³-hybridized carbons (Fsp3) is 0.333. The number of carbonyl (C=O) groups is 2. The molecule has 0 atom stereocenters. The Kier molecular flexibility index (Phi) is 2.73. The van der Waals surface area contributed by atoms with E-state index in [0.29, 0.717) is 11.3 Å². The van der Waals surface area contributed by atoms with Gasteiger partial charge in [-0.25, -0.2) is 4.39 Å². The third-order valence-corrected chi connectivity index (χ3v) is 2.75. The standard InChI is InChI=1S/C12H12FNO2/c1-2-8-3-4-10-9(7-8)11(15)12(16)14(10)6-5-13/h3-4,7H,2,5-6H2,1H3. The molecule has 0 saturated heterocycles. The Labute approximate surface area is 92.9 Å². The number of alkyl halides is 1. The van der Waals surface area contributed by atoms with Gasteiger partial charge in [-0.05, 0) is 24.1 Å². The SMILES string of the molecule is CCc1ccc2c(c1)C(=O)C(=O)N2CCF.